The van der Waals surface area contributed by atoms with Gasteiger partial charge in [0.15, 0.2) is 5.13 Å². The summed E-state index contributed by atoms with van der Waals surface area (Å²) in [7, 11) is 3.06. The van der Waals surface area contributed by atoms with E-state index in [0.717, 1.165) is 15.5 Å². The van der Waals surface area contributed by atoms with Gasteiger partial charge in [-0.05, 0) is 73.0 Å². The standard InChI is InChI=1S/C34H30N4O5S3/c1-21(31(39)38-34-37-28(20-45-34)30-10-7-17-44-30)46-26-15-12-24(13-16-26)35-33(41)27(36-32(40)22-8-5-4-6-9-22)18-23-11-14-25(42-2)19-29(23)43-3/h4-21H,1-3H3,(H,35,41)(H,36,40)(H,37,38,39)/b27-18-. The second-order valence-corrected chi connectivity index (χ2v) is 12.9. The maximum atomic E-state index is 13.5. The SMILES string of the molecule is COc1ccc(/C=C(\NC(=O)c2ccccc2)C(=O)Nc2ccc(SC(C)C(=O)Nc3nc(-c4cccs4)cs3)cc2)c(OC)c1. The van der Waals surface area contributed by atoms with Gasteiger partial charge in [-0.3, -0.25) is 14.4 Å². The van der Waals surface area contributed by atoms with Crippen molar-refractivity contribution in [1.82, 2.24) is 10.3 Å². The molecule has 0 radical (unpaired) electrons. The van der Waals surface area contributed by atoms with Crippen LogP contribution in [0.3, 0.4) is 0 Å². The number of aromatic nitrogens is 1. The Bertz CT molecular complexity index is 1840. The molecule has 0 aliphatic heterocycles. The summed E-state index contributed by atoms with van der Waals surface area (Å²) in [6, 6.07) is 24.9. The van der Waals surface area contributed by atoms with Crippen molar-refractivity contribution in [2.24, 2.45) is 0 Å². The van der Waals surface area contributed by atoms with Crippen LogP contribution in [0.15, 0.2) is 106 Å². The first-order chi connectivity index (χ1) is 22.3. The van der Waals surface area contributed by atoms with Crippen LogP contribution in [0.1, 0.15) is 22.8 Å². The number of ether oxygens (including phenoxy) is 2. The normalized spacial score (nSPS) is 11.8. The molecule has 0 saturated heterocycles. The number of nitrogens with one attached hydrogen (secondary N) is 3. The van der Waals surface area contributed by atoms with E-state index in [2.05, 4.69) is 20.9 Å². The fraction of sp³-hybridized carbons (Fsp3) is 0.118. The number of hydrogen-bond acceptors (Lipinski definition) is 9. The molecule has 0 spiro atoms. The van der Waals surface area contributed by atoms with Crippen molar-refractivity contribution in [1.29, 1.82) is 0 Å². The number of thiophene rings is 1. The molecule has 0 aliphatic rings. The highest BCUT2D eigenvalue weighted by molar-refractivity contribution is 8.00. The Morgan fingerprint density at radius 3 is 2.37 bits per heavy atom. The van der Waals surface area contributed by atoms with E-state index in [1.54, 1.807) is 85.2 Å². The van der Waals surface area contributed by atoms with Gasteiger partial charge in [-0.15, -0.1) is 34.4 Å². The molecule has 5 aromatic rings. The number of carbonyl (C=O) groups is 3. The van der Waals surface area contributed by atoms with Crippen LogP contribution in [0, 0.1) is 0 Å². The smallest absolute Gasteiger partial charge is 0.272 e. The fourth-order valence-electron chi connectivity index (χ4n) is 4.18. The largest absolute Gasteiger partial charge is 0.497 e. The Hall–Kier alpha value is -4.91. The minimum absolute atomic E-state index is 0.0190. The minimum atomic E-state index is -0.527. The number of amides is 3. The first kappa shape index (κ1) is 32.5. The van der Waals surface area contributed by atoms with E-state index in [9.17, 15) is 14.4 Å². The van der Waals surface area contributed by atoms with Gasteiger partial charge in [0.05, 0.1) is 30.0 Å². The number of nitrogens with zero attached hydrogens (tertiary/aromatic N) is 1. The zero-order chi connectivity index (χ0) is 32.5. The third-order valence-electron chi connectivity index (χ3n) is 6.57. The Labute approximate surface area is 278 Å². The summed E-state index contributed by atoms with van der Waals surface area (Å²) in [5.41, 5.74) is 2.35. The Balaban J connectivity index is 1.26. The lowest BCUT2D eigenvalue weighted by Gasteiger charge is -2.14. The lowest BCUT2D eigenvalue weighted by molar-refractivity contribution is -0.115. The predicted molar refractivity (Wildman–Crippen MR) is 186 cm³/mol. The average molecular weight is 671 g/mol. The Kier molecular flexibility index (Phi) is 10.9. The quantitative estimate of drug-likeness (QED) is 0.0934. The molecule has 12 heteroatoms. The summed E-state index contributed by atoms with van der Waals surface area (Å²) in [6.07, 6.45) is 1.55. The van der Waals surface area contributed by atoms with Crippen molar-refractivity contribution in [3.8, 4) is 22.1 Å². The number of methoxy groups -OCH3 is 2. The summed E-state index contributed by atoms with van der Waals surface area (Å²) in [5.74, 6) is -0.0671. The summed E-state index contributed by atoms with van der Waals surface area (Å²) < 4.78 is 10.8. The molecule has 0 fully saturated rings. The molecule has 2 aromatic heterocycles. The highest BCUT2D eigenvalue weighted by atomic mass is 32.2. The van der Waals surface area contributed by atoms with Crippen LogP contribution in [-0.4, -0.2) is 42.2 Å². The lowest BCUT2D eigenvalue weighted by atomic mass is 10.1. The number of hydrogen-bond donors (Lipinski definition) is 3. The molecule has 2 heterocycles. The molecular formula is C34H30N4O5S3. The van der Waals surface area contributed by atoms with E-state index in [4.69, 9.17) is 9.47 Å². The van der Waals surface area contributed by atoms with Gasteiger partial charge in [0, 0.05) is 33.2 Å². The monoisotopic (exact) mass is 670 g/mol. The zero-order valence-corrected chi connectivity index (χ0v) is 27.6. The summed E-state index contributed by atoms with van der Waals surface area (Å²) >= 11 is 4.37. The van der Waals surface area contributed by atoms with Crippen LogP contribution in [0.25, 0.3) is 16.6 Å². The molecule has 9 nitrogen and oxygen atoms in total. The average Bonchev–Trinajstić information content (AvgIpc) is 3.78. The topological polar surface area (TPSA) is 119 Å². The molecule has 234 valence electrons. The number of anilines is 2. The van der Waals surface area contributed by atoms with E-state index in [0.29, 0.717) is 33.4 Å². The molecular weight excluding hydrogens is 641 g/mol. The Morgan fingerprint density at radius 2 is 1.67 bits per heavy atom. The molecule has 46 heavy (non-hydrogen) atoms. The first-order valence-corrected chi connectivity index (χ1v) is 16.7. The molecule has 3 N–H and O–H groups in total. The van der Waals surface area contributed by atoms with Crippen LogP contribution >= 0.6 is 34.4 Å². The van der Waals surface area contributed by atoms with Gasteiger partial charge in [0.25, 0.3) is 11.8 Å². The highest BCUT2D eigenvalue weighted by Crippen LogP contribution is 2.30. The highest BCUT2D eigenvalue weighted by Gasteiger charge is 2.19. The van der Waals surface area contributed by atoms with Crippen molar-refractivity contribution in [3.63, 3.8) is 0 Å². The first-order valence-electron chi connectivity index (χ1n) is 14.0. The van der Waals surface area contributed by atoms with Crippen LogP contribution < -0.4 is 25.4 Å². The molecule has 0 aliphatic carbocycles. The molecule has 3 aromatic carbocycles. The molecule has 3 amide bonds. The second kappa shape index (κ2) is 15.4. The molecule has 5 rings (SSSR count). The summed E-state index contributed by atoms with van der Waals surface area (Å²) in [5, 5.41) is 12.5. The lowest BCUT2D eigenvalue weighted by Crippen LogP contribution is -2.30. The number of rotatable bonds is 12. The van der Waals surface area contributed by atoms with Crippen molar-refractivity contribution in [2.75, 3.05) is 24.9 Å². The van der Waals surface area contributed by atoms with E-state index in [-0.39, 0.29) is 11.6 Å². The third kappa shape index (κ3) is 8.42. The number of benzene rings is 3. The van der Waals surface area contributed by atoms with Crippen molar-refractivity contribution in [2.45, 2.75) is 17.1 Å². The van der Waals surface area contributed by atoms with E-state index >= 15 is 0 Å². The van der Waals surface area contributed by atoms with Gasteiger partial charge in [0.1, 0.15) is 17.2 Å². The predicted octanol–water partition coefficient (Wildman–Crippen LogP) is 7.42. The van der Waals surface area contributed by atoms with E-state index in [1.165, 1.54) is 30.2 Å². The van der Waals surface area contributed by atoms with Crippen LogP contribution in [0.4, 0.5) is 10.8 Å². The maximum absolute atomic E-state index is 13.5. The van der Waals surface area contributed by atoms with Crippen molar-refractivity contribution < 1.29 is 23.9 Å². The van der Waals surface area contributed by atoms with Gasteiger partial charge in [-0.1, -0.05) is 24.3 Å². The van der Waals surface area contributed by atoms with E-state index in [1.807, 2.05) is 41.9 Å². The summed E-state index contributed by atoms with van der Waals surface area (Å²) in [4.78, 5) is 45.8. The van der Waals surface area contributed by atoms with Gasteiger partial charge >= 0.3 is 0 Å². The third-order valence-corrected chi connectivity index (χ3v) is 9.33. The van der Waals surface area contributed by atoms with Gasteiger partial charge in [-0.2, -0.15) is 0 Å². The van der Waals surface area contributed by atoms with Crippen molar-refractivity contribution in [3.05, 3.63) is 113 Å². The van der Waals surface area contributed by atoms with Crippen molar-refractivity contribution >= 4 is 69.1 Å². The van der Waals surface area contributed by atoms with Crippen LogP contribution in [0.5, 0.6) is 11.5 Å². The van der Waals surface area contributed by atoms with Crippen LogP contribution in [0.2, 0.25) is 0 Å². The molecule has 1 atom stereocenters. The minimum Gasteiger partial charge on any atom is -0.497 e. The van der Waals surface area contributed by atoms with Gasteiger partial charge in [-0.25, -0.2) is 4.98 Å². The van der Waals surface area contributed by atoms with Gasteiger partial charge in [0.2, 0.25) is 5.91 Å². The second-order valence-electron chi connectivity index (χ2n) is 9.73. The number of thioether (sulfide) groups is 1. The molecule has 1 unspecified atom stereocenters. The van der Waals surface area contributed by atoms with Crippen LogP contribution in [-0.2, 0) is 9.59 Å². The zero-order valence-electron chi connectivity index (χ0n) is 25.1. The van der Waals surface area contributed by atoms with Gasteiger partial charge < -0.3 is 25.4 Å². The maximum Gasteiger partial charge on any atom is 0.272 e. The molecule has 0 bridgehead atoms. The number of thiazole rings is 1. The fourth-order valence-corrected chi connectivity index (χ4v) is 6.53. The summed E-state index contributed by atoms with van der Waals surface area (Å²) in [6.45, 7) is 1.82. The molecule has 0 saturated carbocycles. The van der Waals surface area contributed by atoms with E-state index < -0.39 is 17.1 Å². The Morgan fingerprint density at radius 1 is 0.891 bits per heavy atom. The number of carbonyl (C=O) groups excluding carboxylic acids is 3.